The lowest BCUT2D eigenvalue weighted by Crippen LogP contribution is -2.23. The third kappa shape index (κ3) is 3.49. The van der Waals surface area contributed by atoms with Crippen LogP contribution in [0.2, 0.25) is 0 Å². The van der Waals surface area contributed by atoms with Gasteiger partial charge in [-0.05, 0) is 73.9 Å². The Bertz CT molecular complexity index is 1300. The molecule has 0 saturated carbocycles. The highest BCUT2D eigenvalue weighted by Gasteiger charge is 2.28. The number of H-pyrrole nitrogens is 1. The van der Waals surface area contributed by atoms with Crippen molar-refractivity contribution in [1.82, 2.24) is 9.88 Å². The molecule has 4 nitrogen and oxygen atoms in total. The molecule has 0 saturated heterocycles. The lowest BCUT2D eigenvalue weighted by atomic mass is 9.93. The molecule has 2 N–H and O–H groups in total. The zero-order valence-corrected chi connectivity index (χ0v) is 18.6. The van der Waals surface area contributed by atoms with Crippen molar-refractivity contribution in [3.05, 3.63) is 82.4 Å². The number of benzene rings is 2. The summed E-state index contributed by atoms with van der Waals surface area (Å²) in [6.45, 7) is 6.18. The summed E-state index contributed by atoms with van der Waals surface area (Å²) in [6, 6.07) is 12.2. The number of carbonyl (C=O) groups is 1. The van der Waals surface area contributed by atoms with Crippen molar-refractivity contribution in [3.63, 3.8) is 0 Å². The Kier molecular flexibility index (Phi) is 5.06. The molecular weight excluding hydrogens is 401 g/mol. The molecule has 5 heteroatoms. The minimum atomic E-state index is -0.296. The number of aromatic amines is 1. The standard InChI is InChI=1S/C27H26FN3O/c1-16-24(29-17(2)25(16)18-10-12-31(3)13-11-18)15-22-26-21(19-6-4-7-20(28)14-19)8-5-9-23(26)30-27(22)32/h4-10,14-15,29H,11-13H2,1-3H3,(H,30,32)/b22-15-. The number of aromatic nitrogens is 1. The van der Waals surface area contributed by atoms with Gasteiger partial charge in [0.15, 0.2) is 0 Å². The molecule has 3 heterocycles. The quantitative estimate of drug-likeness (QED) is 0.531. The van der Waals surface area contributed by atoms with Crippen LogP contribution in [0.3, 0.4) is 0 Å². The fourth-order valence-corrected chi connectivity index (χ4v) is 4.83. The zero-order chi connectivity index (χ0) is 22.4. The number of likely N-dealkylation sites (N-methyl/N-ethyl adjacent to an activating group) is 1. The van der Waals surface area contributed by atoms with Crippen LogP contribution in [0.4, 0.5) is 10.1 Å². The average molecular weight is 428 g/mol. The molecule has 0 aliphatic carbocycles. The first-order chi connectivity index (χ1) is 15.4. The lowest BCUT2D eigenvalue weighted by molar-refractivity contribution is -0.110. The van der Waals surface area contributed by atoms with Gasteiger partial charge >= 0.3 is 0 Å². The van der Waals surface area contributed by atoms with E-state index in [1.54, 1.807) is 6.07 Å². The van der Waals surface area contributed by atoms with E-state index in [4.69, 9.17) is 0 Å². The number of rotatable bonds is 3. The maximum Gasteiger partial charge on any atom is 0.256 e. The fourth-order valence-electron chi connectivity index (χ4n) is 4.83. The van der Waals surface area contributed by atoms with Crippen molar-refractivity contribution >= 4 is 28.8 Å². The van der Waals surface area contributed by atoms with E-state index in [1.807, 2.05) is 30.3 Å². The average Bonchev–Trinajstić information content (AvgIpc) is 3.24. The minimum absolute atomic E-state index is 0.143. The van der Waals surface area contributed by atoms with Crippen LogP contribution >= 0.6 is 0 Å². The van der Waals surface area contributed by atoms with E-state index < -0.39 is 0 Å². The molecule has 1 aromatic heterocycles. The van der Waals surface area contributed by atoms with Gasteiger partial charge in [0, 0.05) is 41.3 Å². The Balaban J connectivity index is 1.62. The highest BCUT2D eigenvalue weighted by molar-refractivity contribution is 6.36. The van der Waals surface area contributed by atoms with Gasteiger partial charge in [0.05, 0.1) is 5.57 Å². The number of nitrogens with zero attached hydrogens (tertiary/aromatic N) is 1. The monoisotopic (exact) mass is 427 g/mol. The van der Waals surface area contributed by atoms with Crippen LogP contribution in [0.25, 0.3) is 28.3 Å². The molecule has 0 spiro atoms. The predicted molar refractivity (Wildman–Crippen MR) is 129 cm³/mol. The Morgan fingerprint density at radius 2 is 1.91 bits per heavy atom. The topological polar surface area (TPSA) is 48.1 Å². The Hall–Kier alpha value is -3.44. The molecule has 2 aromatic carbocycles. The number of hydrogen-bond donors (Lipinski definition) is 2. The molecule has 0 fully saturated rings. The van der Waals surface area contributed by atoms with Gasteiger partial charge in [-0.3, -0.25) is 4.79 Å². The number of hydrogen-bond acceptors (Lipinski definition) is 2. The van der Waals surface area contributed by atoms with Gasteiger partial charge in [0.1, 0.15) is 5.82 Å². The van der Waals surface area contributed by atoms with Gasteiger partial charge in [-0.25, -0.2) is 4.39 Å². The van der Waals surface area contributed by atoms with Crippen LogP contribution in [0.15, 0.2) is 48.5 Å². The van der Waals surface area contributed by atoms with Crippen molar-refractivity contribution in [2.75, 3.05) is 25.5 Å². The number of fused-ring (bicyclic) bond motifs is 1. The van der Waals surface area contributed by atoms with E-state index in [-0.39, 0.29) is 11.7 Å². The summed E-state index contributed by atoms with van der Waals surface area (Å²) in [7, 11) is 2.13. The number of carbonyl (C=O) groups excluding carboxylic acids is 1. The molecule has 162 valence electrons. The summed E-state index contributed by atoms with van der Waals surface area (Å²) >= 11 is 0. The minimum Gasteiger partial charge on any atom is -0.358 e. The van der Waals surface area contributed by atoms with Crippen molar-refractivity contribution in [1.29, 1.82) is 0 Å². The number of aryl methyl sites for hydroxylation is 1. The molecule has 2 aliphatic heterocycles. The number of nitrogens with one attached hydrogen (secondary N) is 2. The van der Waals surface area contributed by atoms with Gasteiger partial charge in [-0.1, -0.05) is 30.3 Å². The highest BCUT2D eigenvalue weighted by atomic mass is 19.1. The molecule has 0 atom stereocenters. The SMILES string of the molecule is Cc1[nH]c(/C=C2\C(=O)Nc3cccc(-c4cccc(F)c4)c32)c(C)c1C1=CCN(C)CC1. The molecule has 0 bridgehead atoms. The molecule has 32 heavy (non-hydrogen) atoms. The Morgan fingerprint density at radius 3 is 2.66 bits per heavy atom. The van der Waals surface area contributed by atoms with Crippen molar-refractivity contribution < 1.29 is 9.18 Å². The van der Waals surface area contributed by atoms with E-state index >= 15 is 0 Å². The molecule has 1 amide bonds. The van der Waals surface area contributed by atoms with Gasteiger partial charge in [-0.15, -0.1) is 0 Å². The van der Waals surface area contributed by atoms with Crippen molar-refractivity contribution in [2.24, 2.45) is 0 Å². The largest absolute Gasteiger partial charge is 0.358 e. The molecular formula is C27H26FN3O. The maximum absolute atomic E-state index is 13.9. The molecule has 0 radical (unpaired) electrons. The molecule has 3 aromatic rings. The number of halogens is 1. The van der Waals surface area contributed by atoms with Gasteiger partial charge in [0.2, 0.25) is 0 Å². The first kappa shape index (κ1) is 20.5. The van der Waals surface area contributed by atoms with Gasteiger partial charge in [0.25, 0.3) is 5.91 Å². The zero-order valence-electron chi connectivity index (χ0n) is 18.6. The van der Waals surface area contributed by atoms with E-state index in [1.165, 1.54) is 23.3 Å². The van der Waals surface area contributed by atoms with Crippen LogP contribution < -0.4 is 5.32 Å². The van der Waals surface area contributed by atoms with Gasteiger partial charge in [-0.2, -0.15) is 0 Å². The van der Waals surface area contributed by atoms with Crippen LogP contribution in [0.1, 0.15) is 34.5 Å². The molecule has 5 rings (SSSR count). The van der Waals surface area contributed by atoms with E-state index in [0.29, 0.717) is 5.57 Å². The molecule has 0 unspecified atom stereocenters. The summed E-state index contributed by atoms with van der Waals surface area (Å²) in [5.41, 5.74) is 9.55. The smallest absolute Gasteiger partial charge is 0.256 e. The van der Waals surface area contributed by atoms with Crippen LogP contribution in [-0.4, -0.2) is 35.9 Å². The van der Waals surface area contributed by atoms with Gasteiger partial charge < -0.3 is 15.2 Å². The van der Waals surface area contributed by atoms with Crippen molar-refractivity contribution in [3.8, 4) is 11.1 Å². The van der Waals surface area contributed by atoms with E-state index in [9.17, 15) is 9.18 Å². The Labute approximate surface area is 187 Å². The summed E-state index contributed by atoms with van der Waals surface area (Å²) in [5, 5.41) is 2.97. The second kappa shape index (κ2) is 7.92. The Morgan fingerprint density at radius 1 is 1.09 bits per heavy atom. The summed E-state index contributed by atoms with van der Waals surface area (Å²) in [4.78, 5) is 18.7. The van der Waals surface area contributed by atoms with Crippen LogP contribution in [0, 0.1) is 19.7 Å². The normalized spacial score (nSPS) is 17.4. The van der Waals surface area contributed by atoms with Crippen LogP contribution in [0.5, 0.6) is 0 Å². The molecule has 2 aliphatic rings. The third-order valence-electron chi connectivity index (χ3n) is 6.46. The summed E-state index contributed by atoms with van der Waals surface area (Å²) in [5.74, 6) is -0.439. The van der Waals surface area contributed by atoms with E-state index in [0.717, 1.165) is 58.8 Å². The fraction of sp³-hybridized carbons (Fsp3) is 0.222. The number of amides is 1. The third-order valence-corrected chi connectivity index (χ3v) is 6.46. The highest BCUT2D eigenvalue weighted by Crippen LogP contribution is 2.41. The summed E-state index contributed by atoms with van der Waals surface area (Å²) < 4.78 is 13.9. The number of anilines is 1. The second-order valence-electron chi connectivity index (χ2n) is 8.66. The lowest BCUT2D eigenvalue weighted by Gasteiger charge is -2.22. The maximum atomic E-state index is 13.9. The summed E-state index contributed by atoms with van der Waals surface area (Å²) in [6.07, 6.45) is 5.24. The first-order valence-electron chi connectivity index (χ1n) is 10.9. The second-order valence-corrected chi connectivity index (χ2v) is 8.66. The first-order valence-corrected chi connectivity index (χ1v) is 10.9. The van der Waals surface area contributed by atoms with Crippen LogP contribution in [-0.2, 0) is 4.79 Å². The van der Waals surface area contributed by atoms with Crippen molar-refractivity contribution in [2.45, 2.75) is 20.3 Å². The van der Waals surface area contributed by atoms with E-state index in [2.05, 4.69) is 42.2 Å². The predicted octanol–water partition coefficient (Wildman–Crippen LogP) is 5.65.